The molecule has 1 rings (SSSR count). The summed E-state index contributed by atoms with van der Waals surface area (Å²) >= 11 is 0. The predicted octanol–water partition coefficient (Wildman–Crippen LogP) is 3.10. The lowest BCUT2D eigenvalue weighted by Gasteiger charge is -2.14. The Morgan fingerprint density at radius 1 is 1.32 bits per heavy atom. The summed E-state index contributed by atoms with van der Waals surface area (Å²) in [5.74, 6) is -0.198. The highest BCUT2D eigenvalue weighted by Crippen LogP contribution is 2.23. The van der Waals surface area contributed by atoms with Gasteiger partial charge in [-0.3, -0.25) is 0 Å². The molecule has 0 saturated heterocycles. The largest absolute Gasteiger partial charge is 0.573 e. The van der Waals surface area contributed by atoms with E-state index >= 15 is 0 Å². The summed E-state index contributed by atoms with van der Waals surface area (Å²) in [7, 11) is 1.63. The van der Waals surface area contributed by atoms with Gasteiger partial charge < -0.3 is 14.8 Å². The molecule has 0 bridgehead atoms. The van der Waals surface area contributed by atoms with Crippen molar-refractivity contribution in [2.75, 3.05) is 13.7 Å². The number of benzene rings is 1. The Balaban J connectivity index is 2.48. The van der Waals surface area contributed by atoms with Crippen molar-refractivity contribution in [1.29, 1.82) is 0 Å². The first-order valence-electron chi connectivity index (χ1n) is 5.97. The highest BCUT2D eigenvalue weighted by atomic mass is 19.4. The molecule has 0 heterocycles. The number of methoxy groups -OCH3 is 1. The van der Waals surface area contributed by atoms with E-state index in [4.69, 9.17) is 4.74 Å². The molecule has 0 amide bonds. The van der Waals surface area contributed by atoms with Crippen molar-refractivity contribution < 1.29 is 22.6 Å². The molecule has 3 nitrogen and oxygen atoms in total. The zero-order valence-electron chi connectivity index (χ0n) is 11.0. The van der Waals surface area contributed by atoms with Gasteiger partial charge in [-0.15, -0.1) is 13.2 Å². The fourth-order valence-corrected chi connectivity index (χ4v) is 1.54. The number of nitrogens with one attached hydrogen (secondary N) is 1. The molecule has 0 aliphatic carbocycles. The van der Waals surface area contributed by atoms with Gasteiger partial charge in [0.1, 0.15) is 5.75 Å². The Hall–Kier alpha value is -1.27. The normalized spacial score (nSPS) is 13.3. The standard InChI is InChI=1S/C13H18F3NO2/c1-10(6-7-18-2)17-9-11-4-3-5-12(8-11)19-13(14,15)16/h3-5,8,10,17H,6-7,9H2,1-2H3. The summed E-state index contributed by atoms with van der Waals surface area (Å²) in [5, 5.41) is 3.21. The minimum Gasteiger partial charge on any atom is -0.406 e. The highest BCUT2D eigenvalue weighted by Gasteiger charge is 2.31. The summed E-state index contributed by atoms with van der Waals surface area (Å²) < 4.78 is 45.0. The van der Waals surface area contributed by atoms with Gasteiger partial charge in [-0.05, 0) is 31.0 Å². The van der Waals surface area contributed by atoms with Gasteiger partial charge in [0.25, 0.3) is 0 Å². The van der Waals surface area contributed by atoms with Crippen molar-refractivity contribution in [2.24, 2.45) is 0 Å². The van der Waals surface area contributed by atoms with E-state index in [0.717, 1.165) is 12.0 Å². The van der Waals surface area contributed by atoms with Gasteiger partial charge in [-0.2, -0.15) is 0 Å². The average Bonchev–Trinajstić information content (AvgIpc) is 2.32. The van der Waals surface area contributed by atoms with Crippen molar-refractivity contribution in [3.05, 3.63) is 29.8 Å². The molecule has 0 aliphatic heterocycles. The maximum atomic E-state index is 12.1. The van der Waals surface area contributed by atoms with Crippen LogP contribution in [-0.2, 0) is 11.3 Å². The van der Waals surface area contributed by atoms with E-state index in [1.54, 1.807) is 13.2 Å². The fourth-order valence-electron chi connectivity index (χ4n) is 1.54. The van der Waals surface area contributed by atoms with Crippen molar-refractivity contribution in [3.8, 4) is 5.75 Å². The number of hydrogen-bond acceptors (Lipinski definition) is 3. The lowest BCUT2D eigenvalue weighted by molar-refractivity contribution is -0.274. The van der Waals surface area contributed by atoms with Crippen LogP contribution in [0.15, 0.2) is 24.3 Å². The van der Waals surface area contributed by atoms with Gasteiger partial charge in [-0.1, -0.05) is 12.1 Å². The summed E-state index contributed by atoms with van der Waals surface area (Å²) in [5.41, 5.74) is 0.742. The molecule has 0 aromatic heterocycles. The van der Waals surface area contributed by atoms with Crippen LogP contribution in [0.4, 0.5) is 13.2 Å². The molecule has 1 aromatic carbocycles. The molecule has 1 atom stereocenters. The first-order chi connectivity index (χ1) is 8.90. The van der Waals surface area contributed by atoms with Crippen LogP contribution in [0.5, 0.6) is 5.75 Å². The van der Waals surface area contributed by atoms with E-state index < -0.39 is 6.36 Å². The van der Waals surface area contributed by atoms with E-state index in [1.807, 2.05) is 6.92 Å². The Bertz CT molecular complexity index is 382. The fraction of sp³-hybridized carbons (Fsp3) is 0.538. The first kappa shape index (κ1) is 15.8. The average molecular weight is 277 g/mol. The number of alkyl halides is 3. The van der Waals surface area contributed by atoms with Crippen LogP contribution in [0.1, 0.15) is 18.9 Å². The second kappa shape index (κ2) is 7.35. The van der Waals surface area contributed by atoms with Gasteiger partial charge in [-0.25, -0.2) is 0 Å². The van der Waals surface area contributed by atoms with Crippen molar-refractivity contribution in [2.45, 2.75) is 32.3 Å². The van der Waals surface area contributed by atoms with Gasteiger partial charge in [0.15, 0.2) is 0 Å². The second-order valence-electron chi connectivity index (χ2n) is 4.26. The number of ether oxygens (including phenoxy) is 2. The third-order valence-electron chi connectivity index (χ3n) is 2.54. The van der Waals surface area contributed by atoms with Crippen LogP contribution in [0.25, 0.3) is 0 Å². The minimum atomic E-state index is -4.65. The van der Waals surface area contributed by atoms with E-state index in [9.17, 15) is 13.2 Å². The maximum absolute atomic E-state index is 12.1. The van der Waals surface area contributed by atoms with E-state index in [1.165, 1.54) is 18.2 Å². The minimum absolute atomic E-state index is 0.198. The van der Waals surface area contributed by atoms with E-state index in [0.29, 0.717) is 13.2 Å². The molecule has 0 fully saturated rings. The molecule has 19 heavy (non-hydrogen) atoms. The molecular formula is C13H18F3NO2. The number of hydrogen-bond donors (Lipinski definition) is 1. The Morgan fingerprint density at radius 2 is 2.05 bits per heavy atom. The summed E-state index contributed by atoms with van der Waals surface area (Å²) in [6.07, 6.45) is -3.81. The quantitative estimate of drug-likeness (QED) is 0.830. The van der Waals surface area contributed by atoms with Gasteiger partial charge in [0, 0.05) is 26.3 Å². The Kier molecular flexibility index (Phi) is 6.11. The molecule has 1 aromatic rings. The van der Waals surface area contributed by atoms with Crippen LogP contribution < -0.4 is 10.1 Å². The van der Waals surface area contributed by atoms with Crippen LogP contribution in [0, 0.1) is 0 Å². The van der Waals surface area contributed by atoms with Crippen LogP contribution in [-0.4, -0.2) is 26.1 Å². The molecule has 1 unspecified atom stereocenters. The topological polar surface area (TPSA) is 30.5 Å². The second-order valence-corrected chi connectivity index (χ2v) is 4.26. The van der Waals surface area contributed by atoms with Crippen LogP contribution >= 0.6 is 0 Å². The molecule has 6 heteroatoms. The molecule has 1 N–H and O–H groups in total. The van der Waals surface area contributed by atoms with Crippen molar-refractivity contribution >= 4 is 0 Å². The number of halogens is 3. The lowest BCUT2D eigenvalue weighted by atomic mass is 10.2. The van der Waals surface area contributed by atoms with Gasteiger partial charge >= 0.3 is 6.36 Å². The zero-order chi connectivity index (χ0) is 14.3. The van der Waals surface area contributed by atoms with Crippen molar-refractivity contribution in [3.63, 3.8) is 0 Å². The number of rotatable bonds is 7. The molecule has 108 valence electrons. The Labute approximate surface area is 110 Å². The monoisotopic (exact) mass is 277 g/mol. The molecule has 0 radical (unpaired) electrons. The van der Waals surface area contributed by atoms with Gasteiger partial charge in [0.05, 0.1) is 0 Å². The first-order valence-corrected chi connectivity index (χ1v) is 5.97. The predicted molar refractivity (Wildman–Crippen MR) is 65.9 cm³/mol. The Morgan fingerprint density at radius 3 is 2.68 bits per heavy atom. The maximum Gasteiger partial charge on any atom is 0.573 e. The van der Waals surface area contributed by atoms with Crippen LogP contribution in [0.3, 0.4) is 0 Å². The smallest absolute Gasteiger partial charge is 0.406 e. The molecular weight excluding hydrogens is 259 g/mol. The highest BCUT2D eigenvalue weighted by molar-refractivity contribution is 5.28. The molecule has 0 spiro atoms. The summed E-state index contributed by atoms with van der Waals surface area (Å²) in [6.45, 7) is 3.13. The summed E-state index contributed by atoms with van der Waals surface area (Å²) in [4.78, 5) is 0. The summed E-state index contributed by atoms with van der Waals surface area (Å²) in [6, 6.07) is 6.18. The molecule has 0 aliphatic rings. The third kappa shape index (κ3) is 7.03. The van der Waals surface area contributed by atoms with E-state index in [-0.39, 0.29) is 11.8 Å². The van der Waals surface area contributed by atoms with Gasteiger partial charge in [0.2, 0.25) is 0 Å². The van der Waals surface area contributed by atoms with Crippen LogP contribution in [0.2, 0.25) is 0 Å². The van der Waals surface area contributed by atoms with Crippen molar-refractivity contribution in [1.82, 2.24) is 5.32 Å². The lowest BCUT2D eigenvalue weighted by Crippen LogP contribution is -2.26. The SMILES string of the molecule is COCCC(C)NCc1cccc(OC(F)(F)F)c1. The zero-order valence-corrected chi connectivity index (χ0v) is 11.0. The third-order valence-corrected chi connectivity index (χ3v) is 2.54. The van der Waals surface area contributed by atoms with E-state index in [2.05, 4.69) is 10.1 Å². The molecule has 0 saturated carbocycles.